The fourth-order valence-corrected chi connectivity index (χ4v) is 2.18. The molecule has 0 aromatic carbocycles. The summed E-state index contributed by atoms with van der Waals surface area (Å²) in [6, 6.07) is -0.500. The first-order valence-electron chi connectivity index (χ1n) is 3.85. The summed E-state index contributed by atoms with van der Waals surface area (Å²) in [7, 11) is 0. The second-order valence-corrected chi connectivity index (χ2v) is 3.93. The van der Waals surface area contributed by atoms with E-state index in [0.717, 1.165) is 5.75 Å². The molecule has 0 amide bonds. The Morgan fingerprint density at radius 1 is 1.85 bits per heavy atom. The molecule has 0 aliphatic carbocycles. The Labute approximate surface area is 79.3 Å². The minimum atomic E-state index is -0.841. The summed E-state index contributed by atoms with van der Waals surface area (Å²) in [5.41, 5.74) is 8.08. The van der Waals surface area contributed by atoms with Gasteiger partial charge in [0.2, 0.25) is 0 Å². The van der Waals surface area contributed by atoms with Crippen molar-refractivity contribution in [1.29, 1.82) is 0 Å². The van der Waals surface area contributed by atoms with Gasteiger partial charge in [0.1, 0.15) is 6.04 Å². The zero-order valence-electron chi connectivity index (χ0n) is 6.88. The van der Waals surface area contributed by atoms with E-state index in [1.165, 1.54) is 0 Å². The van der Waals surface area contributed by atoms with Crippen molar-refractivity contribution in [3.05, 3.63) is 10.4 Å². The van der Waals surface area contributed by atoms with Crippen molar-refractivity contribution >= 4 is 17.7 Å². The van der Waals surface area contributed by atoms with E-state index in [1.54, 1.807) is 11.8 Å². The molecule has 0 saturated carbocycles. The zero-order chi connectivity index (χ0) is 9.68. The molecule has 1 fully saturated rings. The summed E-state index contributed by atoms with van der Waals surface area (Å²) in [6.45, 7) is 0.297. The van der Waals surface area contributed by atoms with Gasteiger partial charge in [-0.15, -0.1) is 11.8 Å². The van der Waals surface area contributed by atoms with E-state index in [0.29, 0.717) is 13.0 Å². The second kappa shape index (κ2) is 4.96. The van der Waals surface area contributed by atoms with Gasteiger partial charge >= 0.3 is 5.97 Å². The predicted molar refractivity (Wildman–Crippen MR) is 49.4 cm³/mol. The number of rotatable bonds is 3. The van der Waals surface area contributed by atoms with Gasteiger partial charge in [-0.1, -0.05) is 5.11 Å². The molecule has 2 atom stereocenters. The summed E-state index contributed by atoms with van der Waals surface area (Å²) in [4.78, 5) is 13.2. The SMILES string of the molecule is [N-]=[N+]=NCC1NC(C(=O)O)CCS1. The molecule has 6 nitrogen and oxygen atoms in total. The third kappa shape index (κ3) is 3.14. The lowest BCUT2D eigenvalue weighted by Crippen LogP contribution is -2.46. The molecule has 1 aliphatic heterocycles. The quantitative estimate of drug-likeness (QED) is 0.402. The number of carboxylic acids is 1. The Kier molecular flexibility index (Phi) is 3.88. The standard InChI is InChI=1S/C6H10N4O2S/c7-10-8-3-5-9-4(6(11)12)1-2-13-5/h4-5,9H,1-3H2,(H,11,12). The third-order valence-electron chi connectivity index (χ3n) is 1.72. The first-order chi connectivity index (χ1) is 6.24. The molecule has 72 valence electrons. The van der Waals surface area contributed by atoms with Crippen LogP contribution in [0.4, 0.5) is 0 Å². The largest absolute Gasteiger partial charge is 0.480 e. The molecule has 13 heavy (non-hydrogen) atoms. The van der Waals surface area contributed by atoms with Crippen LogP contribution in [-0.4, -0.2) is 34.8 Å². The van der Waals surface area contributed by atoms with Gasteiger partial charge in [0.05, 0.1) is 11.9 Å². The van der Waals surface area contributed by atoms with Crippen LogP contribution in [0.3, 0.4) is 0 Å². The van der Waals surface area contributed by atoms with E-state index < -0.39 is 12.0 Å². The number of hydrogen-bond donors (Lipinski definition) is 2. The number of carbonyl (C=O) groups is 1. The zero-order valence-corrected chi connectivity index (χ0v) is 7.70. The van der Waals surface area contributed by atoms with Crippen LogP contribution in [0.1, 0.15) is 6.42 Å². The molecular formula is C6H10N4O2S. The highest BCUT2D eigenvalue weighted by atomic mass is 32.2. The highest BCUT2D eigenvalue weighted by Crippen LogP contribution is 2.18. The number of nitrogens with zero attached hydrogens (tertiary/aromatic N) is 3. The topological polar surface area (TPSA) is 98.1 Å². The van der Waals surface area contributed by atoms with Crippen molar-refractivity contribution in [2.45, 2.75) is 17.8 Å². The maximum atomic E-state index is 10.6. The molecule has 1 saturated heterocycles. The van der Waals surface area contributed by atoms with Gasteiger partial charge in [-0.3, -0.25) is 10.1 Å². The van der Waals surface area contributed by atoms with Gasteiger partial charge in [-0.05, 0) is 17.7 Å². The average Bonchev–Trinajstić information content (AvgIpc) is 2.15. The normalized spacial score (nSPS) is 27.7. The van der Waals surface area contributed by atoms with E-state index in [2.05, 4.69) is 15.3 Å². The van der Waals surface area contributed by atoms with E-state index in [-0.39, 0.29) is 5.37 Å². The van der Waals surface area contributed by atoms with Gasteiger partial charge in [-0.25, -0.2) is 0 Å². The molecule has 7 heteroatoms. The van der Waals surface area contributed by atoms with Gasteiger partial charge in [-0.2, -0.15) is 0 Å². The Bertz CT molecular complexity index is 241. The number of hydrogen-bond acceptors (Lipinski definition) is 4. The summed E-state index contributed by atoms with van der Waals surface area (Å²) in [6.07, 6.45) is 0.618. The lowest BCUT2D eigenvalue weighted by molar-refractivity contribution is -0.139. The number of thioether (sulfide) groups is 1. The molecule has 1 heterocycles. The number of aliphatic carboxylic acids is 1. The monoisotopic (exact) mass is 202 g/mol. The number of azide groups is 1. The molecule has 0 bridgehead atoms. The molecule has 1 rings (SSSR count). The minimum Gasteiger partial charge on any atom is -0.480 e. The van der Waals surface area contributed by atoms with Gasteiger partial charge < -0.3 is 5.11 Å². The summed E-state index contributed by atoms with van der Waals surface area (Å²) >= 11 is 1.58. The Morgan fingerprint density at radius 2 is 2.62 bits per heavy atom. The molecule has 0 aromatic rings. The molecule has 0 spiro atoms. The van der Waals surface area contributed by atoms with Crippen LogP contribution in [0, 0.1) is 0 Å². The summed E-state index contributed by atoms with van der Waals surface area (Å²) < 4.78 is 0. The lowest BCUT2D eigenvalue weighted by atomic mass is 10.2. The smallest absolute Gasteiger partial charge is 0.320 e. The van der Waals surface area contributed by atoms with Crippen molar-refractivity contribution in [3.63, 3.8) is 0 Å². The fraction of sp³-hybridized carbons (Fsp3) is 0.833. The molecule has 2 unspecified atom stereocenters. The molecule has 0 aromatic heterocycles. The Morgan fingerprint density at radius 3 is 3.23 bits per heavy atom. The molecule has 0 radical (unpaired) electrons. The lowest BCUT2D eigenvalue weighted by Gasteiger charge is -2.26. The second-order valence-electron chi connectivity index (χ2n) is 2.62. The van der Waals surface area contributed by atoms with Crippen LogP contribution >= 0.6 is 11.8 Å². The van der Waals surface area contributed by atoms with Crippen LogP contribution in [0.15, 0.2) is 5.11 Å². The molecule has 2 N–H and O–H groups in total. The maximum Gasteiger partial charge on any atom is 0.320 e. The van der Waals surface area contributed by atoms with Crippen molar-refractivity contribution in [2.24, 2.45) is 5.11 Å². The number of carboxylic acid groups (broad SMARTS) is 1. The Hall–Kier alpha value is -0.910. The fourth-order valence-electron chi connectivity index (χ4n) is 1.09. The van der Waals surface area contributed by atoms with E-state index in [1.807, 2.05) is 0 Å². The molecular weight excluding hydrogens is 192 g/mol. The van der Waals surface area contributed by atoms with E-state index in [4.69, 9.17) is 10.6 Å². The van der Waals surface area contributed by atoms with Crippen molar-refractivity contribution in [1.82, 2.24) is 5.32 Å². The summed E-state index contributed by atoms with van der Waals surface area (Å²) in [5, 5.41) is 14.9. The number of nitrogens with one attached hydrogen (secondary N) is 1. The van der Waals surface area contributed by atoms with Crippen molar-refractivity contribution < 1.29 is 9.90 Å². The highest BCUT2D eigenvalue weighted by Gasteiger charge is 2.25. The average molecular weight is 202 g/mol. The highest BCUT2D eigenvalue weighted by molar-refractivity contribution is 7.99. The van der Waals surface area contributed by atoms with Crippen LogP contribution in [0.25, 0.3) is 10.4 Å². The van der Waals surface area contributed by atoms with Crippen molar-refractivity contribution in [2.75, 3.05) is 12.3 Å². The van der Waals surface area contributed by atoms with E-state index >= 15 is 0 Å². The third-order valence-corrected chi connectivity index (χ3v) is 2.88. The molecule has 1 aliphatic rings. The van der Waals surface area contributed by atoms with Crippen LogP contribution in [0.5, 0.6) is 0 Å². The van der Waals surface area contributed by atoms with Crippen LogP contribution < -0.4 is 5.32 Å². The minimum absolute atomic E-state index is 0.0641. The maximum absolute atomic E-state index is 10.6. The van der Waals surface area contributed by atoms with E-state index in [9.17, 15) is 4.79 Å². The van der Waals surface area contributed by atoms with Crippen LogP contribution in [-0.2, 0) is 4.79 Å². The predicted octanol–water partition coefficient (Wildman–Crippen LogP) is 0.802. The van der Waals surface area contributed by atoms with Crippen molar-refractivity contribution in [3.8, 4) is 0 Å². The van der Waals surface area contributed by atoms with Gasteiger partial charge in [0.25, 0.3) is 0 Å². The first-order valence-corrected chi connectivity index (χ1v) is 4.90. The first kappa shape index (κ1) is 10.2. The van der Waals surface area contributed by atoms with Gasteiger partial charge in [0, 0.05) is 4.91 Å². The Balaban J connectivity index is 2.41. The van der Waals surface area contributed by atoms with Gasteiger partial charge in [0.15, 0.2) is 0 Å². The summed E-state index contributed by atoms with van der Waals surface area (Å²) in [5.74, 6) is -0.0542. The van der Waals surface area contributed by atoms with Crippen LogP contribution in [0.2, 0.25) is 0 Å².